The van der Waals surface area contributed by atoms with Crippen molar-refractivity contribution < 1.29 is 0 Å². The summed E-state index contributed by atoms with van der Waals surface area (Å²) in [5.41, 5.74) is 8.99. The fourth-order valence-corrected chi connectivity index (χ4v) is 1.28. The van der Waals surface area contributed by atoms with Crippen LogP contribution < -0.4 is 11.1 Å². The SMILES string of the molecule is C=C(C)CN=C(N)Nc1cccc(CC)c1.I. The standard InChI is InChI=1S/C13H19N3.HI/c1-4-11-6-5-7-12(8-11)16-13(14)15-9-10(2)3;/h5-8H,2,4,9H2,1,3H3,(H3,14,15,16);1H. The van der Waals surface area contributed by atoms with Gasteiger partial charge in [-0.25, -0.2) is 4.99 Å². The van der Waals surface area contributed by atoms with E-state index in [9.17, 15) is 0 Å². The van der Waals surface area contributed by atoms with Gasteiger partial charge < -0.3 is 11.1 Å². The van der Waals surface area contributed by atoms with Crippen molar-refractivity contribution in [3.05, 3.63) is 42.0 Å². The summed E-state index contributed by atoms with van der Waals surface area (Å²) in [7, 11) is 0. The van der Waals surface area contributed by atoms with Crippen LogP contribution in [0.4, 0.5) is 5.69 Å². The van der Waals surface area contributed by atoms with Crippen molar-refractivity contribution >= 4 is 35.6 Å². The van der Waals surface area contributed by atoms with Gasteiger partial charge in [0.15, 0.2) is 5.96 Å². The Morgan fingerprint density at radius 2 is 2.18 bits per heavy atom. The van der Waals surface area contributed by atoms with Crippen molar-refractivity contribution in [2.45, 2.75) is 20.3 Å². The molecular formula is C13H20IN3. The second-order valence-electron chi connectivity index (χ2n) is 3.84. The molecule has 0 aliphatic heterocycles. The average molecular weight is 345 g/mol. The lowest BCUT2D eigenvalue weighted by atomic mass is 10.1. The monoisotopic (exact) mass is 345 g/mol. The number of hydrogen-bond donors (Lipinski definition) is 2. The Balaban J connectivity index is 0.00000256. The van der Waals surface area contributed by atoms with Crippen molar-refractivity contribution in [1.29, 1.82) is 0 Å². The number of rotatable bonds is 4. The maximum Gasteiger partial charge on any atom is 0.193 e. The Morgan fingerprint density at radius 1 is 1.47 bits per heavy atom. The zero-order chi connectivity index (χ0) is 12.0. The van der Waals surface area contributed by atoms with E-state index in [1.165, 1.54) is 5.56 Å². The van der Waals surface area contributed by atoms with Crippen LogP contribution in [-0.4, -0.2) is 12.5 Å². The second kappa shape index (κ2) is 8.11. The Hall–Kier alpha value is -1.04. The molecule has 1 aromatic rings. The van der Waals surface area contributed by atoms with Gasteiger partial charge in [0.05, 0.1) is 6.54 Å². The highest BCUT2D eigenvalue weighted by molar-refractivity contribution is 14.0. The summed E-state index contributed by atoms with van der Waals surface area (Å²) >= 11 is 0. The van der Waals surface area contributed by atoms with E-state index in [2.05, 4.69) is 35.9 Å². The van der Waals surface area contributed by atoms with Gasteiger partial charge in [0.25, 0.3) is 0 Å². The van der Waals surface area contributed by atoms with Crippen molar-refractivity contribution in [1.82, 2.24) is 0 Å². The molecule has 0 fully saturated rings. The summed E-state index contributed by atoms with van der Waals surface area (Å²) in [4.78, 5) is 4.16. The van der Waals surface area contributed by atoms with E-state index in [-0.39, 0.29) is 24.0 Å². The molecule has 4 heteroatoms. The van der Waals surface area contributed by atoms with Gasteiger partial charge in [0.2, 0.25) is 0 Å². The van der Waals surface area contributed by atoms with E-state index >= 15 is 0 Å². The number of benzene rings is 1. The topological polar surface area (TPSA) is 50.4 Å². The second-order valence-corrected chi connectivity index (χ2v) is 3.84. The largest absolute Gasteiger partial charge is 0.370 e. The quantitative estimate of drug-likeness (QED) is 0.381. The molecule has 0 bridgehead atoms. The molecule has 1 rings (SSSR count). The molecule has 0 heterocycles. The minimum absolute atomic E-state index is 0. The van der Waals surface area contributed by atoms with Gasteiger partial charge >= 0.3 is 0 Å². The van der Waals surface area contributed by atoms with Crippen LogP contribution in [0.5, 0.6) is 0 Å². The summed E-state index contributed by atoms with van der Waals surface area (Å²) in [6, 6.07) is 8.14. The molecule has 3 nitrogen and oxygen atoms in total. The first-order chi connectivity index (χ1) is 7.61. The highest BCUT2D eigenvalue weighted by atomic mass is 127. The number of nitrogens with two attached hydrogens (primary N) is 1. The maximum atomic E-state index is 5.74. The van der Waals surface area contributed by atoms with Crippen molar-refractivity contribution in [2.24, 2.45) is 10.7 Å². The molecule has 17 heavy (non-hydrogen) atoms. The molecule has 1 aromatic carbocycles. The van der Waals surface area contributed by atoms with E-state index in [1.54, 1.807) is 0 Å². The molecule has 0 radical (unpaired) electrons. The summed E-state index contributed by atoms with van der Waals surface area (Å²) < 4.78 is 0. The molecule has 0 atom stereocenters. The molecule has 0 saturated heterocycles. The van der Waals surface area contributed by atoms with Crippen LogP contribution in [0.25, 0.3) is 0 Å². The van der Waals surface area contributed by atoms with Crippen LogP contribution in [0.3, 0.4) is 0 Å². The number of nitrogens with one attached hydrogen (secondary N) is 1. The van der Waals surface area contributed by atoms with E-state index in [0.29, 0.717) is 12.5 Å². The number of aliphatic imine (C=N–C) groups is 1. The fourth-order valence-electron chi connectivity index (χ4n) is 1.28. The third-order valence-corrected chi connectivity index (χ3v) is 2.13. The molecule has 0 saturated carbocycles. The fraction of sp³-hybridized carbons (Fsp3) is 0.308. The van der Waals surface area contributed by atoms with E-state index in [0.717, 1.165) is 17.7 Å². The smallest absolute Gasteiger partial charge is 0.193 e. The van der Waals surface area contributed by atoms with Gasteiger partial charge in [-0.05, 0) is 31.0 Å². The normalized spacial score (nSPS) is 10.6. The highest BCUT2D eigenvalue weighted by Crippen LogP contribution is 2.10. The van der Waals surface area contributed by atoms with Gasteiger partial charge in [-0.2, -0.15) is 0 Å². The van der Waals surface area contributed by atoms with Crippen LogP contribution in [0.2, 0.25) is 0 Å². The van der Waals surface area contributed by atoms with Gasteiger partial charge in [0, 0.05) is 5.69 Å². The Kier molecular flexibility index (Phi) is 7.61. The third kappa shape index (κ3) is 6.31. The molecular weight excluding hydrogens is 325 g/mol. The molecule has 0 aromatic heterocycles. The van der Waals surface area contributed by atoms with Crippen molar-refractivity contribution in [3.8, 4) is 0 Å². The van der Waals surface area contributed by atoms with Crippen LogP contribution >= 0.6 is 24.0 Å². The molecule has 0 spiro atoms. The first-order valence-corrected chi connectivity index (χ1v) is 5.42. The molecule has 3 N–H and O–H groups in total. The Bertz CT molecular complexity index is 399. The highest BCUT2D eigenvalue weighted by Gasteiger charge is 1.96. The maximum absolute atomic E-state index is 5.74. The first-order valence-electron chi connectivity index (χ1n) is 5.42. The number of aryl methyl sites for hydroxylation is 1. The zero-order valence-corrected chi connectivity index (χ0v) is 12.7. The van der Waals surface area contributed by atoms with Crippen LogP contribution in [0.15, 0.2) is 41.4 Å². The molecule has 0 aliphatic rings. The first kappa shape index (κ1) is 16.0. The lowest BCUT2D eigenvalue weighted by molar-refractivity contribution is 1.13. The average Bonchev–Trinajstić information content (AvgIpc) is 2.26. The minimum Gasteiger partial charge on any atom is -0.370 e. The summed E-state index contributed by atoms with van der Waals surface area (Å²) in [5.74, 6) is 0.427. The molecule has 0 unspecified atom stereocenters. The summed E-state index contributed by atoms with van der Waals surface area (Å²) in [6.07, 6.45) is 1.01. The number of hydrogen-bond acceptors (Lipinski definition) is 1. The third-order valence-electron chi connectivity index (χ3n) is 2.13. The van der Waals surface area contributed by atoms with E-state index in [4.69, 9.17) is 5.73 Å². The van der Waals surface area contributed by atoms with Crippen molar-refractivity contribution in [2.75, 3.05) is 11.9 Å². The number of nitrogens with zero attached hydrogens (tertiary/aromatic N) is 1. The molecule has 0 aliphatic carbocycles. The van der Waals surface area contributed by atoms with Gasteiger partial charge in [-0.3, -0.25) is 0 Å². The molecule has 0 amide bonds. The van der Waals surface area contributed by atoms with Crippen LogP contribution in [-0.2, 0) is 6.42 Å². The molecule has 94 valence electrons. The number of anilines is 1. The summed E-state index contributed by atoms with van der Waals surface area (Å²) in [6.45, 7) is 8.38. The van der Waals surface area contributed by atoms with Crippen LogP contribution in [0, 0.1) is 0 Å². The van der Waals surface area contributed by atoms with Crippen molar-refractivity contribution in [3.63, 3.8) is 0 Å². The summed E-state index contributed by atoms with van der Waals surface area (Å²) in [5, 5.41) is 3.06. The minimum atomic E-state index is 0. The van der Waals surface area contributed by atoms with Gasteiger partial charge in [0.1, 0.15) is 0 Å². The van der Waals surface area contributed by atoms with E-state index < -0.39 is 0 Å². The lowest BCUT2D eigenvalue weighted by Crippen LogP contribution is -2.22. The van der Waals surface area contributed by atoms with Gasteiger partial charge in [-0.1, -0.05) is 31.2 Å². The zero-order valence-electron chi connectivity index (χ0n) is 10.4. The lowest BCUT2D eigenvalue weighted by Gasteiger charge is -2.06. The predicted molar refractivity (Wildman–Crippen MR) is 86.2 cm³/mol. The van der Waals surface area contributed by atoms with E-state index in [1.807, 2.05) is 19.1 Å². The van der Waals surface area contributed by atoms with Gasteiger partial charge in [-0.15, -0.1) is 24.0 Å². The predicted octanol–water partition coefficient (Wildman–Crippen LogP) is 3.17. The number of guanidine groups is 1. The Morgan fingerprint density at radius 3 is 2.76 bits per heavy atom. The van der Waals surface area contributed by atoms with Crippen LogP contribution in [0.1, 0.15) is 19.4 Å². The number of halogens is 1. The Labute approximate surface area is 120 Å².